The number of alkyl halides is 3. The van der Waals surface area contributed by atoms with E-state index in [4.69, 9.17) is 9.47 Å². The lowest BCUT2D eigenvalue weighted by atomic mass is 9.99. The van der Waals surface area contributed by atoms with Gasteiger partial charge >= 0.3 is 12.3 Å². The summed E-state index contributed by atoms with van der Waals surface area (Å²) in [6, 6.07) is 23.2. The number of hydrogen-bond donors (Lipinski definition) is 2. The van der Waals surface area contributed by atoms with Crippen molar-refractivity contribution in [1.82, 2.24) is 5.32 Å². The number of halogens is 4. The average Bonchev–Trinajstić information content (AvgIpc) is 3.04. The van der Waals surface area contributed by atoms with Crippen LogP contribution in [0.4, 0.5) is 13.2 Å². The lowest BCUT2D eigenvalue weighted by Gasteiger charge is -2.17. The molecule has 0 saturated carbocycles. The Morgan fingerprint density at radius 2 is 1.53 bits per heavy atom. The van der Waals surface area contributed by atoms with Gasteiger partial charge in [0.05, 0.1) is 12.2 Å². The second kappa shape index (κ2) is 16.9. The molecule has 0 unspecified atom stereocenters. The number of ether oxygens (including phenoxy) is 3. The van der Waals surface area contributed by atoms with Crippen molar-refractivity contribution in [2.75, 3.05) is 6.61 Å². The Labute approximate surface area is 279 Å². The molecule has 7 nitrogen and oxygen atoms in total. The Balaban J connectivity index is 1.42. The zero-order valence-corrected chi connectivity index (χ0v) is 27.3. The number of carboxylic acids is 1. The van der Waals surface area contributed by atoms with Gasteiger partial charge in [-0.05, 0) is 66.1 Å². The number of carbonyl (C=O) groups is 2. The van der Waals surface area contributed by atoms with Gasteiger partial charge in [0.1, 0.15) is 29.0 Å². The average molecular weight is 715 g/mol. The molecule has 248 valence electrons. The quantitative estimate of drug-likeness (QED) is 0.112. The van der Waals surface area contributed by atoms with E-state index in [1.54, 1.807) is 54.6 Å². The van der Waals surface area contributed by atoms with Crippen molar-refractivity contribution >= 4 is 27.8 Å². The number of benzene rings is 4. The highest BCUT2D eigenvalue weighted by molar-refractivity contribution is 9.10. The Kier molecular flexibility index (Phi) is 12.7. The molecular formula is C36H35BrF3NO6. The molecule has 1 amide bonds. The fourth-order valence-electron chi connectivity index (χ4n) is 4.82. The van der Waals surface area contributed by atoms with Gasteiger partial charge in [-0.3, -0.25) is 4.79 Å². The number of para-hydroxylation sites is 1. The minimum Gasteiger partial charge on any atom is -0.493 e. The van der Waals surface area contributed by atoms with Crippen LogP contribution < -0.4 is 19.5 Å². The van der Waals surface area contributed by atoms with E-state index >= 15 is 0 Å². The molecule has 2 N–H and O–H groups in total. The first-order chi connectivity index (χ1) is 22.5. The van der Waals surface area contributed by atoms with Crippen molar-refractivity contribution in [2.24, 2.45) is 0 Å². The van der Waals surface area contributed by atoms with E-state index in [0.717, 1.165) is 49.8 Å². The fraction of sp³-hybridized carbons (Fsp3) is 0.278. The first-order valence-corrected chi connectivity index (χ1v) is 16.0. The topological polar surface area (TPSA) is 94.1 Å². The van der Waals surface area contributed by atoms with Crippen LogP contribution in [0.2, 0.25) is 0 Å². The van der Waals surface area contributed by atoms with E-state index in [1.807, 2.05) is 12.1 Å². The maximum atomic E-state index is 13.3. The van der Waals surface area contributed by atoms with E-state index in [0.29, 0.717) is 39.5 Å². The molecule has 4 aromatic rings. The third-order valence-corrected chi connectivity index (χ3v) is 7.67. The summed E-state index contributed by atoms with van der Waals surface area (Å²) in [5.74, 6) is -0.922. The predicted octanol–water partition coefficient (Wildman–Crippen LogP) is 9.58. The molecule has 0 aliphatic rings. The molecule has 4 rings (SSSR count). The van der Waals surface area contributed by atoms with Crippen LogP contribution in [0.3, 0.4) is 0 Å². The third kappa shape index (κ3) is 11.1. The normalized spacial score (nSPS) is 11.9. The van der Waals surface area contributed by atoms with Crippen molar-refractivity contribution in [2.45, 2.75) is 57.9 Å². The number of amides is 1. The van der Waals surface area contributed by atoms with E-state index in [-0.39, 0.29) is 17.7 Å². The number of hydrogen-bond acceptors (Lipinski definition) is 5. The lowest BCUT2D eigenvalue weighted by molar-refractivity contribution is -0.274. The summed E-state index contributed by atoms with van der Waals surface area (Å²) in [6.07, 6.45) is 0.560. The van der Waals surface area contributed by atoms with Gasteiger partial charge < -0.3 is 24.6 Å². The second-order valence-corrected chi connectivity index (χ2v) is 11.7. The SMILES string of the molecule is CCCCCCCOc1ccc(Br)cc1C(=O)N[C@@H](Cc1ccc(-c2ccccc2Oc2ccc(OC(F)(F)F)cc2)cc1)C(=O)O. The number of unbranched alkanes of at least 4 members (excludes halogenated alkanes) is 4. The fourth-order valence-corrected chi connectivity index (χ4v) is 5.18. The Morgan fingerprint density at radius 1 is 0.851 bits per heavy atom. The van der Waals surface area contributed by atoms with Crippen LogP contribution in [0.1, 0.15) is 54.9 Å². The Hall–Kier alpha value is -4.51. The lowest BCUT2D eigenvalue weighted by Crippen LogP contribution is -2.42. The van der Waals surface area contributed by atoms with Gasteiger partial charge in [0, 0.05) is 16.5 Å². The standard InChI is InChI=1S/C36H35BrF3NO6/c1-2-3-4-5-8-21-45-32-20-15-26(37)23-30(32)34(42)41-31(35(43)44)22-24-11-13-25(14-12-24)29-9-6-7-10-33(29)46-27-16-18-28(19-17-27)47-36(38,39)40/h6-7,9-20,23,31H,2-5,8,21-22H2,1H3,(H,41,42)(H,43,44)/t31-/m0/s1. The molecular weight excluding hydrogens is 679 g/mol. The van der Waals surface area contributed by atoms with E-state index < -0.39 is 24.3 Å². The van der Waals surface area contributed by atoms with E-state index in [2.05, 4.69) is 32.9 Å². The molecule has 47 heavy (non-hydrogen) atoms. The summed E-state index contributed by atoms with van der Waals surface area (Å²) in [6.45, 7) is 2.60. The van der Waals surface area contributed by atoms with Crippen molar-refractivity contribution in [1.29, 1.82) is 0 Å². The first-order valence-electron chi connectivity index (χ1n) is 15.2. The Morgan fingerprint density at radius 3 is 2.21 bits per heavy atom. The molecule has 0 saturated heterocycles. The highest BCUT2D eigenvalue weighted by Crippen LogP contribution is 2.34. The molecule has 0 radical (unpaired) electrons. The van der Waals surface area contributed by atoms with Gasteiger partial charge in [0.2, 0.25) is 0 Å². The van der Waals surface area contributed by atoms with Gasteiger partial charge in [0.15, 0.2) is 0 Å². The van der Waals surface area contributed by atoms with Crippen LogP contribution in [0.15, 0.2) is 95.5 Å². The number of aliphatic carboxylic acids is 1. The molecule has 0 aliphatic carbocycles. The monoisotopic (exact) mass is 713 g/mol. The molecule has 0 aromatic heterocycles. The summed E-state index contributed by atoms with van der Waals surface area (Å²) >= 11 is 3.38. The number of rotatable bonds is 16. The summed E-state index contributed by atoms with van der Waals surface area (Å²) in [4.78, 5) is 25.4. The predicted molar refractivity (Wildman–Crippen MR) is 176 cm³/mol. The van der Waals surface area contributed by atoms with Gasteiger partial charge in [-0.1, -0.05) is 91.0 Å². The minimum absolute atomic E-state index is 0.0352. The largest absolute Gasteiger partial charge is 0.573 e. The molecule has 11 heteroatoms. The van der Waals surface area contributed by atoms with Crippen LogP contribution >= 0.6 is 15.9 Å². The van der Waals surface area contributed by atoms with Crippen molar-refractivity contribution in [3.63, 3.8) is 0 Å². The summed E-state index contributed by atoms with van der Waals surface area (Å²) in [5.41, 5.74) is 2.40. The highest BCUT2D eigenvalue weighted by atomic mass is 79.9. The maximum absolute atomic E-state index is 13.3. The van der Waals surface area contributed by atoms with E-state index in [1.165, 1.54) is 12.1 Å². The van der Waals surface area contributed by atoms with E-state index in [9.17, 15) is 27.9 Å². The zero-order chi connectivity index (χ0) is 33.8. The minimum atomic E-state index is -4.79. The van der Waals surface area contributed by atoms with Crippen molar-refractivity contribution in [3.05, 3.63) is 107 Å². The van der Waals surface area contributed by atoms with Gasteiger partial charge in [-0.15, -0.1) is 13.2 Å². The smallest absolute Gasteiger partial charge is 0.493 e. The first kappa shape index (κ1) is 35.3. The van der Waals surface area contributed by atoms with Crippen molar-refractivity contribution < 1.29 is 42.1 Å². The van der Waals surface area contributed by atoms with Crippen LogP contribution in [-0.2, 0) is 11.2 Å². The highest BCUT2D eigenvalue weighted by Gasteiger charge is 2.31. The van der Waals surface area contributed by atoms with Crippen molar-refractivity contribution in [3.8, 4) is 34.1 Å². The van der Waals surface area contributed by atoms with Gasteiger partial charge in [-0.2, -0.15) is 0 Å². The summed E-state index contributed by atoms with van der Waals surface area (Å²) in [7, 11) is 0. The molecule has 1 atom stereocenters. The summed E-state index contributed by atoms with van der Waals surface area (Å²) in [5, 5.41) is 12.6. The number of carboxylic acid groups (broad SMARTS) is 1. The number of carbonyl (C=O) groups excluding carboxylic acids is 1. The molecule has 4 aromatic carbocycles. The molecule has 0 heterocycles. The van der Waals surface area contributed by atoms with Crippen LogP contribution in [0, 0.1) is 0 Å². The van der Waals surface area contributed by atoms with Gasteiger partial charge in [-0.25, -0.2) is 4.79 Å². The molecule has 0 bridgehead atoms. The number of nitrogens with one attached hydrogen (secondary N) is 1. The molecule has 0 fully saturated rings. The zero-order valence-electron chi connectivity index (χ0n) is 25.7. The van der Waals surface area contributed by atoms with Crippen LogP contribution in [0.25, 0.3) is 11.1 Å². The van der Waals surface area contributed by atoms with Crippen LogP contribution in [0.5, 0.6) is 23.0 Å². The molecule has 0 aliphatic heterocycles. The van der Waals surface area contributed by atoms with Gasteiger partial charge in [0.25, 0.3) is 5.91 Å². The third-order valence-electron chi connectivity index (χ3n) is 7.17. The molecule has 0 spiro atoms. The maximum Gasteiger partial charge on any atom is 0.573 e. The summed E-state index contributed by atoms with van der Waals surface area (Å²) < 4.78 is 53.9. The second-order valence-electron chi connectivity index (χ2n) is 10.8. The Bertz CT molecular complexity index is 1630. The van der Waals surface area contributed by atoms with Crippen LogP contribution in [-0.4, -0.2) is 36.0 Å².